The smallest absolute Gasteiger partial charge is 0.399 e. The number of rotatable bonds is 3. The Balaban J connectivity index is 1.88. The fourth-order valence-corrected chi connectivity index (χ4v) is 4.11. The molecule has 4 rings (SSSR count). The van der Waals surface area contributed by atoms with Gasteiger partial charge in [0.05, 0.1) is 22.9 Å². The molecule has 1 unspecified atom stereocenters. The van der Waals surface area contributed by atoms with Gasteiger partial charge in [-0.2, -0.15) is 5.10 Å². The van der Waals surface area contributed by atoms with Gasteiger partial charge >= 0.3 is 7.12 Å². The van der Waals surface area contributed by atoms with E-state index in [4.69, 9.17) is 19.1 Å². The van der Waals surface area contributed by atoms with E-state index in [1.807, 2.05) is 17.8 Å². The Morgan fingerprint density at radius 2 is 1.89 bits per heavy atom. The number of ether oxygens (including phenoxy) is 1. The highest BCUT2D eigenvalue weighted by molar-refractivity contribution is 6.66. The van der Waals surface area contributed by atoms with Gasteiger partial charge in [0, 0.05) is 17.5 Å². The summed E-state index contributed by atoms with van der Waals surface area (Å²) < 4.78 is 20.9. The minimum atomic E-state index is -0.427. The summed E-state index contributed by atoms with van der Waals surface area (Å²) in [5, 5.41) is 5.80. The maximum atomic E-state index is 6.43. The van der Waals surface area contributed by atoms with Gasteiger partial charge in [-0.1, -0.05) is 12.2 Å². The van der Waals surface area contributed by atoms with Gasteiger partial charge in [0.15, 0.2) is 6.23 Å². The molecule has 6 heteroatoms. The van der Waals surface area contributed by atoms with E-state index < -0.39 is 7.12 Å². The standard InChI is InChI=1S/C22H31BN2O3/c1-7-10-16-15(2)13-18-17(14-24-25(18)19-11-8-9-12-26-19)20(16)23-27-21(3,4)22(5,6)28-23/h7,10,13-14,19H,8-9,11-12H2,1-6H3/b10-7-. The number of hydrogen-bond acceptors (Lipinski definition) is 4. The second-order valence-electron chi connectivity index (χ2n) is 8.95. The number of benzene rings is 1. The molecule has 3 heterocycles. The number of allylic oxidation sites excluding steroid dienone is 1. The van der Waals surface area contributed by atoms with Crippen molar-refractivity contribution in [2.24, 2.45) is 0 Å². The molecule has 1 aromatic heterocycles. The normalized spacial score (nSPS) is 24.5. The van der Waals surface area contributed by atoms with Gasteiger partial charge in [-0.25, -0.2) is 4.68 Å². The number of aromatic nitrogens is 2. The predicted octanol–water partition coefficient (Wildman–Crippen LogP) is 4.38. The van der Waals surface area contributed by atoms with Gasteiger partial charge in [0.1, 0.15) is 0 Å². The van der Waals surface area contributed by atoms with Crippen molar-refractivity contribution < 1.29 is 14.0 Å². The zero-order chi connectivity index (χ0) is 20.1. The van der Waals surface area contributed by atoms with Crippen molar-refractivity contribution in [3.05, 3.63) is 29.5 Å². The van der Waals surface area contributed by atoms with Crippen LogP contribution >= 0.6 is 0 Å². The lowest BCUT2D eigenvalue weighted by atomic mass is 9.72. The first-order chi connectivity index (χ1) is 13.2. The van der Waals surface area contributed by atoms with E-state index in [0.717, 1.165) is 41.4 Å². The highest BCUT2D eigenvalue weighted by Gasteiger charge is 2.52. The second kappa shape index (κ2) is 7.01. The fourth-order valence-electron chi connectivity index (χ4n) is 4.11. The van der Waals surface area contributed by atoms with Gasteiger partial charge in [-0.15, -0.1) is 0 Å². The fraction of sp³-hybridized carbons (Fsp3) is 0.591. The molecule has 0 aliphatic carbocycles. The maximum absolute atomic E-state index is 6.43. The Bertz CT molecular complexity index is 894. The molecule has 0 spiro atoms. The van der Waals surface area contributed by atoms with E-state index in [2.05, 4.69) is 52.8 Å². The molecule has 28 heavy (non-hydrogen) atoms. The number of nitrogens with zero attached hydrogens (tertiary/aromatic N) is 2. The van der Waals surface area contributed by atoms with Crippen LogP contribution in [-0.4, -0.2) is 34.7 Å². The Morgan fingerprint density at radius 1 is 1.18 bits per heavy atom. The summed E-state index contributed by atoms with van der Waals surface area (Å²) in [6, 6.07) is 2.21. The number of hydrogen-bond donors (Lipinski definition) is 0. The Morgan fingerprint density at radius 3 is 2.50 bits per heavy atom. The molecule has 0 N–H and O–H groups in total. The second-order valence-corrected chi connectivity index (χ2v) is 8.95. The Labute approximate surface area is 168 Å². The van der Waals surface area contributed by atoms with E-state index in [0.29, 0.717) is 0 Å². The molecule has 2 aromatic rings. The third-order valence-electron chi connectivity index (χ3n) is 6.44. The summed E-state index contributed by atoms with van der Waals surface area (Å²) in [7, 11) is -0.427. The summed E-state index contributed by atoms with van der Waals surface area (Å²) >= 11 is 0. The lowest BCUT2D eigenvalue weighted by Gasteiger charge is -2.32. The van der Waals surface area contributed by atoms with Crippen molar-refractivity contribution in [1.82, 2.24) is 9.78 Å². The SMILES string of the molecule is C/C=C\c1c(C)cc2c(cnn2C2CCCCO2)c1B1OC(C)(C)C(C)(C)O1. The zero-order valence-corrected chi connectivity index (χ0v) is 17.9. The molecule has 0 amide bonds. The minimum Gasteiger partial charge on any atom is -0.399 e. The van der Waals surface area contributed by atoms with E-state index in [1.54, 1.807) is 0 Å². The summed E-state index contributed by atoms with van der Waals surface area (Å²) in [6.07, 6.45) is 9.45. The lowest BCUT2D eigenvalue weighted by molar-refractivity contribution is -0.0366. The summed E-state index contributed by atoms with van der Waals surface area (Å²) in [6.45, 7) is 13.3. The van der Waals surface area contributed by atoms with Gasteiger partial charge in [0.25, 0.3) is 0 Å². The maximum Gasteiger partial charge on any atom is 0.496 e. The molecule has 1 aromatic carbocycles. The topological polar surface area (TPSA) is 45.5 Å². The van der Waals surface area contributed by atoms with Crippen LogP contribution in [0.15, 0.2) is 18.3 Å². The minimum absolute atomic E-state index is 0.00404. The van der Waals surface area contributed by atoms with Crippen molar-refractivity contribution in [3.8, 4) is 0 Å². The first kappa shape index (κ1) is 19.7. The molecule has 2 fully saturated rings. The van der Waals surface area contributed by atoms with E-state index in [-0.39, 0.29) is 17.4 Å². The van der Waals surface area contributed by atoms with Crippen LogP contribution < -0.4 is 5.46 Å². The van der Waals surface area contributed by atoms with Crippen LogP contribution in [0.1, 0.15) is 71.2 Å². The Kier molecular flexibility index (Phi) is 4.93. The largest absolute Gasteiger partial charge is 0.496 e. The van der Waals surface area contributed by atoms with Gasteiger partial charge in [0.2, 0.25) is 0 Å². The third kappa shape index (κ3) is 3.12. The summed E-state index contributed by atoms with van der Waals surface area (Å²) in [5.74, 6) is 0. The van der Waals surface area contributed by atoms with Gasteiger partial charge in [-0.05, 0) is 78.0 Å². The average Bonchev–Trinajstić information content (AvgIpc) is 3.14. The van der Waals surface area contributed by atoms with Crippen LogP contribution in [0, 0.1) is 6.92 Å². The van der Waals surface area contributed by atoms with E-state index in [1.165, 1.54) is 12.0 Å². The van der Waals surface area contributed by atoms with Gasteiger partial charge in [-0.3, -0.25) is 0 Å². The molecule has 0 saturated carbocycles. The van der Waals surface area contributed by atoms with Crippen LogP contribution in [0.2, 0.25) is 0 Å². The van der Waals surface area contributed by atoms with Crippen molar-refractivity contribution in [3.63, 3.8) is 0 Å². The molecule has 2 aliphatic heterocycles. The molecule has 1 atom stereocenters. The summed E-state index contributed by atoms with van der Waals surface area (Å²) in [5.41, 5.74) is 3.72. The molecular weight excluding hydrogens is 351 g/mol. The highest BCUT2D eigenvalue weighted by atomic mass is 16.7. The number of aryl methyl sites for hydroxylation is 1. The van der Waals surface area contributed by atoms with E-state index in [9.17, 15) is 0 Å². The van der Waals surface area contributed by atoms with E-state index >= 15 is 0 Å². The number of fused-ring (bicyclic) bond motifs is 1. The van der Waals surface area contributed by atoms with Crippen molar-refractivity contribution in [2.75, 3.05) is 6.61 Å². The van der Waals surface area contributed by atoms with Crippen LogP contribution in [0.4, 0.5) is 0 Å². The average molecular weight is 382 g/mol. The predicted molar refractivity (Wildman–Crippen MR) is 114 cm³/mol. The first-order valence-corrected chi connectivity index (χ1v) is 10.4. The highest BCUT2D eigenvalue weighted by Crippen LogP contribution is 2.38. The zero-order valence-electron chi connectivity index (χ0n) is 17.9. The third-order valence-corrected chi connectivity index (χ3v) is 6.44. The molecule has 0 radical (unpaired) electrons. The van der Waals surface area contributed by atoms with Crippen molar-refractivity contribution >= 4 is 29.6 Å². The van der Waals surface area contributed by atoms with Crippen LogP contribution in [0.5, 0.6) is 0 Å². The van der Waals surface area contributed by atoms with Gasteiger partial charge < -0.3 is 14.0 Å². The van der Waals surface area contributed by atoms with Crippen LogP contribution in [-0.2, 0) is 14.0 Å². The molecule has 2 aliphatic rings. The molecular formula is C22H31BN2O3. The molecule has 0 bridgehead atoms. The van der Waals surface area contributed by atoms with Crippen molar-refractivity contribution in [2.45, 2.75) is 78.2 Å². The quantitative estimate of drug-likeness (QED) is 0.740. The molecule has 2 saturated heterocycles. The molecule has 5 nitrogen and oxygen atoms in total. The monoisotopic (exact) mass is 382 g/mol. The Hall–Kier alpha value is -1.63. The van der Waals surface area contributed by atoms with Crippen molar-refractivity contribution in [1.29, 1.82) is 0 Å². The van der Waals surface area contributed by atoms with Crippen LogP contribution in [0.25, 0.3) is 17.0 Å². The summed E-state index contributed by atoms with van der Waals surface area (Å²) in [4.78, 5) is 0. The van der Waals surface area contributed by atoms with Crippen LogP contribution in [0.3, 0.4) is 0 Å². The molecule has 150 valence electrons. The lowest BCUT2D eigenvalue weighted by Crippen LogP contribution is -2.41. The first-order valence-electron chi connectivity index (χ1n) is 10.4.